The number of anilines is 1. The highest BCUT2D eigenvalue weighted by molar-refractivity contribution is 6.07. The third-order valence-corrected chi connectivity index (χ3v) is 11.0. The number of benzene rings is 7. The summed E-state index contributed by atoms with van der Waals surface area (Å²) in [6.07, 6.45) is -8.05. The molecule has 7 aromatic rings. The van der Waals surface area contributed by atoms with E-state index in [-0.39, 0.29) is 68.2 Å². The van der Waals surface area contributed by atoms with Crippen LogP contribution in [-0.2, 0) is 31.2 Å². The molecule has 1 fully saturated rings. The minimum atomic E-state index is -1.77. The molecule has 356 valence electrons. The van der Waals surface area contributed by atoms with Crippen molar-refractivity contribution in [3.05, 3.63) is 204 Å². The molecule has 8 rings (SSSR count). The Kier molecular flexibility index (Phi) is 16.6. The van der Waals surface area contributed by atoms with E-state index in [1.54, 1.807) is 54.6 Å². The van der Waals surface area contributed by atoms with Crippen molar-refractivity contribution < 1.29 is 63.1 Å². The first kappa shape index (κ1) is 47.9. The van der Waals surface area contributed by atoms with Crippen molar-refractivity contribution in [1.29, 1.82) is 0 Å². The SMILES string of the molecule is O=C(Nc1ccccc1OCCOc1ccc(OCc2ccccc2)c(OCc2ccccc2)c1OC[C@H]1O[C@@H](O)[C@H](O)[C@@H](O)[C@@H]1O)c1cccc(OCc2ccccc2)c1OCc1ccccc1. The molecule has 1 amide bonds. The molecule has 5 atom stereocenters. The summed E-state index contributed by atoms with van der Waals surface area (Å²) in [6.45, 7) is 0.377. The Morgan fingerprint density at radius 1 is 0.420 bits per heavy atom. The number of aliphatic hydroxyl groups is 4. The fourth-order valence-electron chi connectivity index (χ4n) is 7.34. The van der Waals surface area contributed by atoms with Crippen LogP contribution in [0.15, 0.2) is 176 Å². The van der Waals surface area contributed by atoms with Gasteiger partial charge in [0.2, 0.25) is 11.5 Å². The number of hydrogen-bond donors (Lipinski definition) is 5. The zero-order chi connectivity index (χ0) is 47.8. The lowest BCUT2D eigenvalue weighted by Gasteiger charge is -2.38. The van der Waals surface area contributed by atoms with Crippen molar-refractivity contribution in [2.75, 3.05) is 25.1 Å². The Balaban J connectivity index is 0.998. The van der Waals surface area contributed by atoms with Gasteiger partial charge in [0.25, 0.3) is 5.91 Å². The molecule has 0 aromatic heterocycles. The highest BCUT2D eigenvalue weighted by Crippen LogP contribution is 2.46. The van der Waals surface area contributed by atoms with Crippen LogP contribution in [-0.4, -0.2) is 76.9 Å². The average molecular weight is 936 g/mol. The van der Waals surface area contributed by atoms with Crippen LogP contribution in [0, 0.1) is 0 Å². The molecule has 0 aliphatic carbocycles. The molecule has 0 saturated carbocycles. The van der Waals surface area contributed by atoms with Crippen molar-refractivity contribution in [2.45, 2.75) is 57.1 Å². The molecule has 1 aliphatic heterocycles. The lowest BCUT2D eigenvalue weighted by Crippen LogP contribution is -2.58. The van der Waals surface area contributed by atoms with Crippen molar-refractivity contribution in [3.63, 3.8) is 0 Å². The Morgan fingerprint density at radius 2 is 0.855 bits per heavy atom. The topological polar surface area (TPSA) is 184 Å². The monoisotopic (exact) mass is 935 g/mol. The van der Waals surface area contributed by atoms with E-state index in [1.165, 1.54) is 0 Å². The number of amides is 1. The van der Waals surface area contributed by atoms with Crippen molar-refractivity contribution in [1.82, 2.24) is 0 Å². The van der Waals surface area contributed by atoms with Gasteiger partial charge in [-0.05, 0) is 58.7 Å². The molecular weight excluding hydrogens is 883 g/mol. The molecule has 0 bridgehead atoms. The summed E-state index contributed by atoms with van der Waals surface area (Å²) in [7, 11) is 0. The standard InChI is InChI=1S/C55H53NO13/c57-48-47(69-55(61)50(59)49(48)58)36-68-52-45(28-29-46(65-33-38-18-7-2-8-19-38)53(52)67-35-40-22-11-4-12-23-40)63-31-30-62-43-26-14-13-25-42(43)56-54(60)41-24-15-27-44(64-32-37-16-5-1-6-17-37)51(41)66-34-39-20-9-3-10-21-39/h1-29,47-50,55,57-59,61H,30-36H2,(H,56,60)/t47-,48-,49+,50-,55-/m1/s1. The third kappa shape index (κ3) is 12.9. The van der Waals surface area contributed by atoms with E-state index < -0.39 is 43.2 Å². The minimum Gasteiger partial charge on any atom is -0.488 e. The van der Waals surface area contributed by atoms with E-state index >= 15 is 0 Å². The Hall–Kier alpha value is -7.59. The highest BCUT2D eigenvalue weighted by Gasteiger charge is 2.43. The van der Waals surface area contributed by atoms with Crippen molar-refractivity contribution in [2.24, 2.45) is 0 Å². The van der Waals surface area contributed by atoms with Crippen LogP contribution in [0.25, 0.3) is 0 Å². The fraction of sp³-hybridized carbons (Fsp3) is 0.218. The lowest BCUT2D eigenvalue weighted by atomic mass is 9.99. The van der Waals surface area contributed by atoms with Crippen LogP contribution in [0.4, 0.5) is 5.69 Å². The van der Waals surface area contributed by atoms with Crippen LogP contribution in [0.3, 0.4) is 0 Å². The van der Waals surface area contributed by atoms with Crippen molar-refractivity contribution >= 4 is 11.6 Å². The van der Waals surface area contributed by atoms with Crippen LogP contribution in [0.5, 0.6) is 40.2 Å². The normalized spacial score (nSPS) is 17.5. The predicted molar refractivity (Wildman–Crippen MR) is 256 cm³/mol. The summed E-state index contributed by atoms with van der Waals surface area (Å²) >= 11 is 0. The third-order valence-electron chi connectivity index (χ3n) is 11.0. The summed E-state index contributed by atoms with van der Waals surface area (Å²) in [5.41, 5.74) is 4.29. The van der Waals surface area contributed by atoms with Gasteiger partial charge >= 0.3 is 0 Å². The summed E-state index contributed by atoms with van der Waals surface area (Å²) in [6, 6.07) is 53.9. The second-order valence-electron chi connectivity index (χ2n) is 15.9. The number of aliphatic hydroxyl groups excluding tert-OH is 4. The van der Waals surface area contributed by atoms with Gasteiger partial charge in [0.1, 0.15) is 76.4 Å². The largest absolute Gasteiger partial charge is 0.488 e. The molecule has 5 N–H and O–H groups in total. The van der Waals surface area contributed by atoms with Gasteiger partial charge in [-0.25, -0.2) is 0 Å². The Bertz CT molecular complexity index is 2690. The van der Waals surface area contributed by atoms with Gasteiger partial charge in [0, 0.05) is 0 Å². The summed E-state index contributed by atoms with van der Waals surface area (Å²) in [4.78, 5) is 14.1. The van der Waals surface area contributed by atoms with Gasteiger partial charge in [-0.15, -0.1) is 0 Å². The molecular formula is C55H53NO13. The number of nitrogens with one attached hydrogen (secondary N) is 1. The smallest absolute Gasteiger partial charge is 0.259 e. The Labute approximate surface area is 399 Å². The molecule has 69 heavy (non-hydrogen) atoms. The maximum absolute atomic E-state index is 14.1. The van der Waals surface area contributed by atoms with Crippen LogP contribution in [0.2, 0.25) is 0 Å². The van der Waals surface area contributed by atoms with Gasteiger partial charge in [-0.3, -0.25) is 4.79 Å². The molecule has 14 nitrogen and oxygen atoms in total. The zero-order valence-electron chi connectivity index (χ0n) is 37.5. The first-order valence-corrected chi connectivity index (χ1v) is 22.4. The maximum atomic E-state index is 14.1. The van der Waals surface area contributed by atoms with E-state index in [4.69, 9.17) is 37.9 Å². The number of ether oxygens (including phenoxy) is 8. The lowest BCUT2D eigenvalue weighted by molar-refractivity contribution is -0.285. The molecule has 1 aliphatic rings. The van der Waals surface area contributed by atoms with Crippen LogP contribution >= 0.6 is 0 Å². The van der Waals surface area contributed by atoms with Crippen molar-refractivity contribution in [3.8, 4) is 40.2 Å². The van der Waals surface area contributed by atoms with Gasteiger partial charge < -0.3 is 63.6 Å². The number of rotatable bonds is 22. The summed E-state index contributed by atoms with van der Waals surface area (Å²) in [5, 5.41) is 44.5. The van der Waals surface area contributed by atoms with E-state index in [9.17, 15) is 25.2 Å². The number of para-hydroxylation sites is 3. The number of hydrogen-bond acceptors (Lipinski definition) is 13. The second-order valence-corrected chi connectivity index (χ2v) is 15.9. The average Bonchev–Trinajstić information content (AvgIpc) is 3.39. The minimum absolute atomic E-state index is 0.00770. The molecule has 7 aromatic carbocycles. The van der Waals surface area contributed by atoms with E-state index in [1.807, 2.05) is 121 Å². The van der Waals surface area contributed by atoms with E-state index in [2.05, 4.69) is 5.32 Å². The van der Waals surface area contributed by atoms with Crippen LogP contribution < -0.4 is 38.5 Å². The second kappa shape index (κ2) is 23.9. The molecule has 0 radical (unpaired) electrons. The molecule has 1 heterocycles. The summed E-state index contributed by atoms with van der Waals surface area (Å²) < 4.78 is 49.4. The van der Waals surface area contributed by atoms with Gasteiger partial charge in [0.15, 0.2) is 29.3 Å². The van der Waals surface area contributed by atoms with Gasteiger partial charge in [-0.2, -0.15) is 0 Å². The molecule has 14 heteroatoms. The van der Waals surface area contributed by atoms with Gasteiger partial charge in [0.05, 0.1) is 11.3 Å². The molecule has 0 spiro atoms. The zero-order valence-corrected chi connectivity index (χ0v) is 37.5. The fourth-order valence-corrected chi connectivity index (χ4v) is 7.34. The number of carbonyl (C=O) groups is 1. The highest BCUT2D eigenvalue weighted by atomic mass is 16.7. The maximum Gasteiger partial charge on any atom is 0.259 e. The quantitative estimate of drug-likeness (QED) is 0.0414. The first-order valence-electron chi connectivity index (χ1n) is 22.4. The number of carbonyl (C=O) groups excluding carboxylic acids is 1. The predicted octanol–water partition coefficient (Wildman–Crippen LogP) is 7.89. The summed E-state index contributed by atoms with van der Waals surface area (Å²) in [5.74, 6) is 1.40. The van der Waals surface area contributed by atoms with Gasteiger partial charge in [-0.1, -0.05) is 140 Å². The van der Waals surface area contributed by atoms with Crippen LogP contribution in [0.1, 0.15) is 32.6 Å². The first-order chi connectivity index (χ1) is 33.8. The van der Waals surface area contributed by atoms with E-state index in [0.717, 1.165) is 22.3 Å². The molecule has 1 saturated heterocycles. The van der Waals surface area contributed by atoms with E-state index in [0.29, 0.717) is 22.9 Å². The molecule has 0 unspecified atom stereocenters. The Morgan fingerprint density at radius 3 is 1.42 bits per heavy atom.